The summed E-state index contributed by atoms with van der Waals surface area (Å²) in [5.74, 6) is 2.61. The third-order valence-electron chi connectivity index (χ3n) is 3.80. The zero-order valence-electron chi connectivity index (χ0n) is 12.7. The van der Waals surface area contributed by atoms with Gasteiger partial charge in [-0.25, -0.2) is 0 Å². The Kier molecular flexibility index (Phi) is 5.17. The van der Waals surface area contributed by atoms with Crippen molar-refractivity contribution in [1.29, 1.82) is 0 Å². The van der Waals surface area contributed by atoms with E-state index >= 15 is 0 Å². The molecule has 2 heteroatoms. The predicted octanol–water partition coefficient (Wildman–Crippen LogP) is 4.73. The Morgan fingerprint density at radius 1 is 1.26 bits per heavy atom. The minimum Gasteiger partial charge on any atom is -0.413 e. The van der Waals surface area contributed by atoms with Crippen LogP contribution < -0.4 is 0 Å². The standard InChI is InChI=1S/C17H24OSi/c1-7-11-16(15-12-9-8-10-13-15)14-18-19(5,6)17(2,3)4/h1,8-13H,14H2,2-6H3/b16-11-. The van der Waals surface area contributed by atoms with Gasteiger partial charge in [-0.15, -0.1) is 6.42 Å². The summed E-state index contributed by atoms with van der Waals surface area (Å²) in [7, 11) is -1.74. The van der Waals surface area contributed by atoms with Gasteiger partial charge in [0.25, 0.3) is 0 Å². The molecule has 1 rings (SSSR count). The summed E-state index contributed by atoms with van der Waals surface area (Å²) in [6, 6.07) is 10.2. The molecule has 0 heterocycles. The first kappa shape index (κ1) is 15.8. The number of hydrogen-bond acceptors (Lipinski definition) is 1. The predicted molar refractivity (Wildman–Crippen MR) is 86.4 cm³/mol. The molecule has 0 aromatic heterocycles. The minimum absolute atomic E-state index is 0.213. The molecule has 0 radical (unpaired) electrons. The molecule has 0 fully saturated rings. The van der Waals surface area contributed by atoms with Crippen molar-refractivity contribution in [3.8, 4) is 12.3 Å². The van der Waals surface area contributed by atoms with Crippen molar-refractivity contribution >= 4 is 13.9 Å². The van der Waals surface area contributed by atoms with Crippen LogP contribution in [0.25, 0.3) is 5.57 Å². The van der Waals surface area contributed by atoms with Crippen LogP contribution >= 0.6 is 0 Å². The summed E-state index contributed by atoms with van der Waals surface area (Å²) in [4.78, 5) is 0. The number of allylic oxidation sites excluding steroid dienone is 1. The van der Waals surface area contributed by atoms with E-state index in [0.29, 0.717) is 6.61 Å². The molecule has 0 saturated carbocycles. The molecule has 0 unspecified atom stereocenters. The Bertz CT molecular complexity index is 472. The van der Waals surface area contributed by atoms with Crippen molar-refractivity contribution in [2.75, 3.05) is 6.61 Å². The van der Waals surface area contributed by atoms with E-state index in [1.165, 1.54) is 0 Å². The van der Waals surface area contributed by atoms with Crippen LogP contribution in [0.5, 0.6) is 0 Å². The average Bonchev–Trinajstić information content (AvgIpc) is 2.34. The Morgan fingerprint density at radius 3 is 2.32 bits per heavy atom. The van der Waals surface area contributed by atoms with E-state index in [-0.39, 0.29) is 5.04 Å². The molecule has 0 bridgehead atoms. The van der Waals surface area contributed by atoms with E-state index < -0.39 is 8.32 Å². The maximum absolute atomic E-state index is 6.24. The van der Waals surface area contributed by atoms with Crippen LogP contribution in [0.4, 0.5) is 0 Å². The molecule has 19 heavy (non-hydrogen) atoms. The highest BCUT2D eigenvalue weighted by Crippen LogP contribution is 2.37. The average molecular weight is 272 g/mol. The quantitative estimate of drug-likeness (QED) is 0.569. The van der Waals surface area contributed by atoms with Crippen LogP contribution in [-0.4, -0.2) is 14.9 Å². The van der Waals surface area contributed by atoms with Crippen LogP contribution in [-0.2, 0) is 4.43 Å². The van der Waals surface area contributed by atoms with E-state index in [4.69, 9.17) is 10.8 Å². The summed E-state index contributed by atoms with van der Waals surface area (Å²) >= 11 is 0. The highest BCUT2D eigenvalue weighted by atomic mass is 28.4. The van der Waals surface area contributed by atoms with Crippen molar-refractivity contribution < 1.29 is 4.43 Å². The number of terminal acetylenes is 1. The lowest BCUT2D eigenvalue weighted by Gasteiger charge is -2.36. The van der Waals surface area contributed by atoms with Crippen molar-refractivity contribution in [2.24, 2.45) is 0 Å². The first-order chi connectivity index (χ1) is 8.78. The Balaban J connectivity index is 2.85. The van der Waals surface area contributed by atoms with E-state index in [9.17, 15) is 0 Å². The van der Waals surface area contributed by atoms with Gasteiger partial charge in [-0.1, -0.05) is 57.0 Å². The smallest absolute Gasteiger partial charge is 0.192 e. The molecule has 0 amide bonds. The van der Waals surface area contributed by atoms with Gasteiger partial charge in [0.2, 0.25) is 0 Å². The molecular formula is C17H24OSi. The maximum Gasteiger partial charge on any atom is 0.192 e. The van der Waals surface area contributed by atoms with Gasteiger partial charge in [0.05, 0.1) is 6.61 Å². The van der Waals surface area contributed by atoms with Gasteiger partial charge < -0.3 is 4.43 Å². The van der Waals surface area contributed by atoms with Crippen LogP contribution in [0.15, 0.2) is 36.4 Å². The van der Waals surface area contributed by atoms with Crippen LogP contribution in [0.2, 0.25) is 18.1 Å². The monoisotopic (exact) mass is 272 g/mol. The highest BCUT2D eigenvalue weighted by Gasteiger charge is 2.37. The van der Waals surface area contributed by atoms with E-state index in [2.05, 4.69) is 51.9 Å². The molecule has 0 aliphatic carbocycles. The fourth-order valence-electron chi connectivity index (χ4n) is 1.44. The molecule has 1 aromatic carbocycles. The third kappa shape index (κ3) is 4.38. The highest BCUT2D eigenvalue weighted by molar-refractivity contribution is 6.74. The zero-order valence-corrected chi connectivity index (χ0v) is 13.7. The largest absolute Gasteiger partial charge is 0.413 e. The topological polar surface area (TPSA) is 9.23 Å². The molecular weight excluding hydrogens is 248 g/mol. The molecule has 1 nitrogen and oxygen atoms in total. The van der Waals surface area contributed by atoms with Gasteiger partial charge in [0.1, 0.15) is 0 Å². The van der Waals surface area contributed by atoms with Gasteiger partial charge in [0.15, 0.2) is 8.32 Å². The van der Waals surface area contributed by atoms with Crippen molar-refractivity contribution in [2.45, 2.75) is 38.9 Å². The fraction of sp³-hybridized carbons (Fsp3) is 0.412. The number of hydrogen-bond donors (Lipinski definition) is 0. The van der Waals surface area contributed by atoms with E-state index in [0.717, 1.165) is 11.1 Å². The number of rotatable bonds is 4. The molecule has 0 aliphatic rings. The van der Waals surface area contributed by atoms with Crippen LogP contribution in [0.3, 0.4) is 0 Å². The summed E-state index contributed by atoms with van der Waals surface area (Å²) in [5, 5.41) is 0.213. The lowest BCUT2D eigenvalue weighted by atomic mass is 10.1. The summed E-state index contributed by atoms with van der Waals surface area (Å²) in [6.45, 7) is 11.8. The van der Waals surface area contributed by atoms with Gasteiger partial charge in [-0.3, -0.25) is 0 Å². The Labute approximate surface area is 118 Å². The first-order valence-corrected chi connectivity index (χ1v) is 9.53. The van der Waals surface area contributed by atoms with Crippen LogP contribution in [0.1, 0.15) is 26.3 Å². The van der Waals surface area contributed by atoms with Gasteiger partial charge in [0, 0.05) is 0 Å². The van der Waals surface area contributed by atoms with Gasteiger partial charge in [-0.2, -0.15) is 0 Å². The minimum atomic E-state index is -1.74. The second-order valence-corrected chi connectivity index (χ2v) is 11.1. The molecule has 1 aromatic rings. The molecule has 0 spiro atoms. The molecule has 0 atom stereocenters. The Morgan fingerprint density at radius 2 is 1.84 bits per heavy atom. The summed E-state index contributed by atoms with van der Waals surface area (Å²) < 4.78 is 6.24. The van der Waals surface area contributed by atoms with Crippen molar-refractivity contribution in [3.63, 3.8) is 0 Å². The number of benzene rings is 1. The van der Waals surface area contributed by atoms with Crippen LogP contribution in [0, 0.1) is 12.3 Å². The summed E-state index contributed by atoms with van der Waals surface area (Å²) in [6.07, 6.45) is 7.23. The first-order valence-electron chi connectivity index (χ1n) is 6.62. The Hall–Kier alpha value is -1.30. The molecule has 0 N–H and O–H groups in total. The normalized spacial score (nSPS) is 13.2. The summed E-state index contributed by atoms with van der Waals surface area (Å²) in [5.41, 5.74) is 2.21. The van der Waals surface area contributed by atoms with Crippen molar-refractivity contribution in [1.82, 2.24) is 0 Å². The molecule has 102 valence electrons. The second kappa shape index (κ2) is 6.23. The van der Waals surface area contributed by atoms with Gasteiger partial charge in [-0.05, 0) is 35.3 Å². The second-order valence-electron chi connectivity index (χ2n) is 6.25. The SMILES string of the molecule is C#C/C=C(/CO[Si](C)(C)C(C)(C)C)c1ccccc1. The lowest BCUT2D eigenvalue weighted by Crippen LogP contribution is -2.41. The van der Waals surface area contributed by atoms with Crippen molar-refractivity contribution in [3.05, 3.63) is 42.0 Å². The lowest BCUT2D eigenvalue weighted by molar-refractivity contribution is 0.334. The van der Waals surface area contributed by atoms with E-state index in [1.807, 2.05) is 24.3 Å². The fourth-order valence-corrected chi connectivity index (χ4v) is 2.39. The van der Waals surface area contributed by atoms with Gasteiger partial charge >= 0.3 is 0 Å². The zero-order chi connectivity index (χ0) is 14.5. The third-order valence-corrected chi connectivity index (χ3v) is 8.28. The maximum atomic E-state index is 6.24. The van der Waals surface area contributed by atoms with E-state index in [1.54, 1.807) is 0 Å². The molecule has 0 aliphatic heterocycles. The molecule has 0 saturated heterocycles.